The molecule has 0 unspecified atom stereocenters. The van der Waals surface area contributed by atoms with E-state index in [1.54, 1.807) is 6.92 Å². The van der Waals surface area contributed by atoms with Crippen LogP contribution in [0.5, 0.6) is 0 Å². The zero-order valence-corrected chi connectivity index (χ0v) is 15.0. The zero-order valence-electron chi connectivity index (χ0n) is 14.2. The van der Waals surface area contributed by atoms with Crippen LogP contribution in [0.25, 0.3) is 0 Å². The second-order valence-corrected chi connectivity index (χ2v) is 9.94. The summed E-state index contributed by atoms with van der Waals surface area (Å²) in [6.07, 6.45) is 4.85. The maximum absolute atomic E-state index is 11.5. The Bertz CT molecular complexity index is 404. The first-order valence-corrected chi connectivity index (χ1v) is 10.0. The predicted octanol–water partition coefficient (Wildman–Crippen LogP) is 2.76. The van der Waals surface area contributed by atoms with Gasteiger partial charge in [-0.1, -0.05) is 27.7 Å². The van der Waals surface area contributed by atoms with Gasteiger partial charge in [0.15, 0.2) is 0 Å². The van der Waals surface area contributed by atoms with Crippen molar-refractivity contribution in [3.8, 4) is 0 Å². The molecular weight excluding hydrogens is 286 g/mol. The molecule has 0 aromatic rings. The first kappa shape index (κ1) is 18.9. The number of nitrogens with two attached hydrogens (primary N) is 1. The van der Waals surface area contributed by atoms with Crippen LogP contribution in [0.4, 0.5) is 0 Å². The van der Waals surface area contributed by atoms with E-state index in [2.05, 4.69) is 20.8 Å². The summed E-state index contributed by atoms with van der Waals surface area (Å²) in [5.74, 6) is 1.15. The van der Waals surface area contributed by atoms with Crippen molar-refractivity contribution in [2.75, 3.05) is 24.7 Å². The molecule has 0 spiro atoms. The summed E-state index contributed by atoms with van der Waals surface area (Å²) in [5, 5.41) is 0. The SMILES string of the molecule is CCS(=O)(=O)CCCOC1(CN)CCC(C(C)(C)C)CC1. The standard InChI is InChI=1S/C16H33NO3S/c1-5-21(18,19)12-6-11-20-16(13-17)9-7-14(8-10-16)15(2,3)4/h14H,5-13,17H2,1-4H3. The van der Waals surface area contributed by atoms with Gasteiger partial charge in [-0.05, 0) is 43.4 Å². The first-order valence-electron chi connectivity index (χ1n) is 8.18. The van der Waals surface area contributed by atoms with Gasteiger partial charge in [-0.3, -0.25) is 0 Å². The number of hydrogen-bond donors (Lipinski definition) is 1. The van der Waals surface area contributed by atoms with Crippen LogP contribution in [0, 0.1) is 11.3 Å². The number of sulfone groups is 1. The Morgan fingerprint density at radius 2 is 1.81 bits per heavy atom. The summed E-state index contributed by atoms with van der Waals surface area (Å²) in [4.78, 5) is 0. The maximum Gasteiger partial charge on any atom is 0.150 e. The van der Waals surface area contributed by atoms with Crippen LogP contribution in [0.2, 0.25) is 0 Å². The van der Waals surface area contributed by atoms with Gasteiger partial charge in [0.2, 0.25) is 0 Å². The molecule has 0 bridgehead atoms. The fourth-order valence-electron chi connectivity index (χ4n) is 3.13. The van der Waals surface area contributed by atoms with Gasteiger partial charge in [-0.25, -0.2) is 8.42 Å². The lowest BCUT2D eigenvalue weighted by atomic mass is 9.68. The van der Waals surface area contributed by atoms with E-state index in [0.29, 0.717) is 25.0 Å². The minimum Gasteiger partial charge on any atom is -0.374 e. The molecule has 0 saturated heterocycles. The van der Waals surface area contributed by atoms with E-state index < -0.39 is 9.84 Å². The topological polar surface area (TPSA) is 69.4 Å². The molecule has 0 aromatic carbocycles. The molecule has 1 saturated carbocycles. The third-order valence-electron chi connectivity index (χ3n) is 4.94. The molecule has 2 N–H and O–H groups in total. The molecule has 1 aliphatic carbocycles. The Labute approximate surface area is 130 Å². The molecule has 0 atom stereocenters. The van der Waals surface area contributed by atoms with Gasteiger partial charge < -0.3 is 10.5 Å². The average molecular weight is 320 g/mol. The Balaban J connectivity index is 2.42. The summed E-state index contributed by atoms with van der Waals surface area (Å²) in [7, 11) is -2.89. The van der Waals surface area contributed by atoms with Crippen molar-refractivity contribution in [3.05, 3.63) is 0 Å². The minimum absolute atomic E-state index is 0.211. The van der Waals surface area contributed by atoms with Crippen LogP contribution in [0.15, 0.2) is 0 Å². The molecule has 0 aliphatic heterocycles. The highest BCUT2D eigenvalue weighted by Gasteiger charge is 2.38. The molecule has 0 heterocycles. The van der Waals surface area contributed by atoms with E-state index in [0.717, 1.165) is 31.6 Å². The highest BCUT2D eigenvalue weighted by Crippen LogP contribution is 2.42. The summed E-state index contributed by atoms with van der Waals surface area (Å²) < 4.78 is 29.0. The van der Waals surface area contributed by atoms with E-state index >= 15 is 0 Å². The molecule has 5 heteroatoms. The molecule has 21 heavy (non-hydrogen) atoms. The Hall–Kier alpha value is -0.130. The average Bonchev–Trinajstić information content (AvgIpc) is 2.43. The van der Waals surface area contributed by atoms with Crippen LogP contribution in [0.3, 0.4) is 0 Å². The van der Waals surface area contributed by atoms with E-state index in [4.69, 9.17) is 10.5 Å². The molecule has 1 fully saturated rings. The van der Waals surface area contributed by atoms with Crippen molar-refractivity contribution in [3.63, 3.8) is 0 Å². The van der Waals surface area contributed by atoms with Gasteiger partial charge in [0, 0.05) is 18.9 Å². The maximum atomic E-state index is 11.5. The molecule has 1 rings (SSSR count). The molecule has 126 valence electrons. The molecule has 4 nitrogen and oxygen atoms in total. The van der Waals surface area contributed by atoms with Crippen LogP contribution in [-0.4, -0.2) is 38.7 Å². The molecule has 0 amide bonds. The lowest BCUT2D eigenvalue weighted by Gasteiger charge is -2.43. The third-order valence-corrected chi connectivity index (χ3v) is 6.73. The van der Waals surface area contributed by atoms with Gasteiger partial charge in [-0.2, -0.15) is 0 Å². The summed E-state index contributed by atoms with van der Waals surface area (Å²) in [6.45, 7) is 9.60. The van der Waals surface area contributed by atoms with Crippen LogP contribution < -0.4 is 5.73 Å². The zero-order chi connectivity index (χ0) is 16.1. The quantitative estimate of drug-likeness (QED) is 0.733. The highest BCUT2D eigenvalue weighted by molar-refractivity contribution is 7.91. The van der Waals surface area contributed by atoms with E-state index in [9.17, 15) is 8.42 Å². The Kier molecular flexibility index (Phi) is 6.69. The first-order chi connectivity index (χ1) is 9.64. The fraction of sp³-hybridized carbons (Fsp3) is 1.00. The second-order valence-electron chi connectivity index (χ2n) is 7.47. The molecular formula is C16H33NO3S. The van der Waals surface area contributed by atoms with Crippen LogP contribution in [-0.2, 0) is 14.6 Å². The number of hydrogen-bond acceptors (Lipinski definition) is 4. The van der Waals surface area contributed by atoms with Gasteiger partial charge in [-0.15, -0.1) is 0 Å². The van der Waals surface area contributed by atoms with Crippen molar-refractivity contribution in [2.45, 2.75) is 65.4 Å². The lowest BCUT2D eigenvalue weighted by molar-refractivity contribution is -0.0792. The van der Waals surface area contributed by atoms with Gasteiger partial charge in [0.25, 0.3) is 0 Å². The van der Waals surface area contributed by atoms with E-state index in [1.165, 1.54) is 0 Å². The van der Waals surface area contributed by atoms with Crippen molar-refractivity contribution in [1.82, 2.24) is 0 Å². The highest BCUT2D eigenvalue weighted by atomic mass is 32.2. The van der Waals surface area contributed by atoms with E-state index in [-0.39, 0.29) is 17.1 Å². The van der Waals surface area contributed by atoms with Gasteiger partial charge in [0.1, 0.15) is 9.84 Å². The van der Waals surface area contributed by atoms with Crippen molar-refractivity contribution in [1.29, 1.82) is 0 Å². The Morgan fingerprint density at radius 3 is 2.24 bits per heavy atom. The largest absolute Gasteiger partial charge is 0.374 e. The van der Waals surface area contributed by atoms with Crippen LogP contribution >= 0.6 is 0 Å². The van der Waals surface area contributed by atoms with E-state index in [1.807, 2.05) is 0 Å². The summed E-state index contributed by atoms with van der Waals surface area (Å²) >= 11 is 0. The smallest absolute Gasteiger partial charge is 0.150 e. The van der Waals surface area contributed by atoms with Crippen molar-refractivity contribution < 1.29 is 13.2 Å². The number of ether oxygens (including phenoxy) is 1. The third kappa shape index (κ3) is 5.87. The minimum atomic E-state index is -2.89. The second kappa shape index (κ2) is 7.42. The van der Waals surface area contributed by atoms with Gasteiger partial charge in [0.05, 0.1) is 11.4 Å². The van der Waals surface area contributed by atoms with Gasteiger partial charge >= 0.3 is 0 Å². The van der Waals surface area contributed by atoms with Crippen LogP contribution in [0.1, 0.15) is 59.8 Å². The predicted molar refractivity (Wildman–Crippen MR) is 88.1 cm³/mol. The van der Waals surface area contributed by atoms with Crippen molar-refractivity contribution >= 4 is 9.84 Å². The summed E-state index contributed by atoms with van der Waals surface area (Å²) in [5.41, 5.74) is 6.06. The normalized spacial score (nSPS) is 27.8. The van der Waals surface area contributed by atoms with Crippen molar-refractivity contribution in [2.24, 2.45) is 17.1 Å². The fourth-order valence-corrected chi connectivity index (χ4v) is 3.98. The summed E-state index contributed by atoms with van der Waals surface area (Å²) in [6, 6.07) is 0. The lowest BCUT2D eigenvalue weighted by Crippen LogP contribution is -2.45. The molecule has 1 aliphatic rings. The molecule has 0 aromatic heterocycles. The monoisotopic (exact) mass is 319 g/mol. The molecule has 0 radical (unpaired) electrons. The number of rotatable bonds is 7. The Morgan fingerprint density at radius 1 is 1.24 bits per heavy atom.